The van der Waals surface area contributed by atoms with Crippen LogP contribution in [0, 0.1) is 33.8 Å². The second-order valence-corrected chi connectivity index (χ2v) is 11.3. The number of imide groups is 1. The first-order valence-corrected chi connectivity index (χ1v) is 12.9. The summed E-state index contributed by atoms with van der Waals surface area (Å²) in [5.74, 6) is -2.29. The molecule has 1 aliphatic heterocycles. The van der Waals surface area contributed by atoms with Gasteiger partial charge in [0.15, 0.2) is 0 Å². The summed E-state index contributed by atoms with van der Waals surface area (Å²) < 4.78 is 0. The standard InChI is InChI=1S/C23H18Br2ClN3O5/c24-19-15-9-16(20(19)25)18-17(15)22(31)28(23(18)32)27(10-11-1-5-13(26)6-2-11)21(30)12-3-7-14(8-4-12)29(33)34/h1-8,15-20H,9-10H2/t15-,16-,17-,18-,19+,20+/m1/s1. The van der Waals surface area contributed by atoms with Gasteiger partial charge in [0, 0.05) is 32.4 Å². The molecule has 1 heterocycles. The van der Waals surface area contributed by atoms with Crippen molar-refractivity contribution in [3.63, 3.8) is 0 Å². The number of alkyl halides is 2. The topological polar surface area (TPSA) is 101 Å². The first kappa shape index (κ1) is 23.4. The Morgan fingerprint density at radius 1 is 1.00 bits per heavy atom. The first-order chi connectivity index (χ1) is 16.2. The number of non-ortho nitro benzene ring substituents is 1. The Kier molecular flexibility index (Phi) is 6.02. The third-order valence-electron chi connectivity index (χ3n) is 7.01. The minimum atomic E-state index is -0.593. The van der Waals surface area contributed by atoms with E-state index in [2.05, 4.69) is 31.9 Å². The van der Waals surface area contributed by atoms with E-state index in [1.807, 2.05) is 0 Å². The molecule has 1 saturated heterocycles. The third kappa shape index (κ3) is 3.67. The summed E-state index contributed by atoms with van der Waals surface area (Å²) in [6.07, 6.45) is 0.778. The predicted molar refractivity (Wildman–Crippen MR) is 130 cm³/mol. The molecule has 34 heavy (non-hydrogen) atoms. The van der Waals surface area contributed by atoms with Gasteiger partial charge in [-0.3, -0.25) is 24.5 Å². The largest absolute Gasteiger partial charge is 0.273 e. The molecule has 2 aromatic carbocycles. The van der Waals surface area contributed by atoms with E-state index in [9.17, 15) is 24.5 Å². The summed E-state index contributed by atoms with van der Waals surface area (Å²) in [7, 11) is 0. The smallest absolute Gasteiger partial charge is 0.272 e. The summed E-state index contributed by atoms with van der Waals surface area (Å²) in [5, 5.41) is 13.7. The van der Waals surface area contributed by atoms with Crippen LogP contribution < -0.4 is 0 Å². The lowest BCUT2D eigenvalue weighted by atomic mass is 9.81. The van der Waals surface area contributed by atoms with Crippen LogP contribution in [0.5, 0.6) is 0 Å². The number of hydrogen-bond acceptors (Lipinski definition) is 5. The average Bonchev–Trinajstić information content (AvgIpc) is 3.43. The van der Waals surface area contributed by atoms with Gasteiger partial charge >= 0.3 is 0 Å². The zero-order valence-electron chi connectivity index (χ0n) is 17.5. The number of carbonyl (C=O) groups is 3. The van der Waals surface area contributed by atoms with E-state index >= 15 is 0 Å². The number of amides is 3. The van der Waals surface area contributed by atoms with Crippen LogP contribution in [0.15, 0.2) is 48.5 Å². The van der Waals surface area contributed by atoms with E-state index in [0.29, 0.717) is 10.6 Å². The van der Waals surface area contributed by atoms with Gasteiger partial charge in [0.05, 0.1) is 23.3 Å². The summed E-state index contributed by atoms with van der Waals surface area (Å²) in [6.45, 7) is -0.0330. The molecule has 8 nitrogen and oxygen atoms in total. The maximum atomic E-state index is 13.6. The van der Waals surface area contributed by atoms with Crippen LogP contribution in [0.3, 0.4) is 0 Å². The molecule has 2 saturated carbocycles. The molecule has 3 amide bonds. The number of halogens is 3. The average molecular weight is 612 g/mol. The molecule has 0 unspecified atom stereocenters. The second-order valence-electron chi connectivity index (χ2n) is 8.79. The third-order valence-corrected chi connectivity index (χ3v) is 10.5. The predicted octanol–water partition coefficient (Wildman–Crippen LogP) is 4.58. The molecular formula is C23H18Br2ClN3O5. The number of benzene rings is 2. The quantitative estimate of drug-likeness (QED) is 0.213. The van der Waals surface area contributed by atoms with Crippen molar-refractivity contribution in [2.75, 3.05) is 0 Å². The minimum Gasteiger partial charge on any atom is -0.272 e. The molecule has 3 fully saturated rings. The highest BCUT2D eigenvalue weighted by Crippen LogP contribution is 2.60. The van der Waals surface area contributed by atoms with Crippen LogP contribution in [0.1, 0.15) is 22.3 Å². The van der Waals surface area contributed by atoms with E-state index in [1.54, 1.807) is 24.3 Å². The first-order valence-electron chi connectivity index (χ1n) is 10.7. The van der Waals surface area contributed by atoms with Crippen molar-refractivity contribution in [2.45, 2.75) is 22.6 Å². The Balaban J connectivity index is 1.51. The van der Waals surface area contributed by atoms with Crippen LogP contribution in [0.2, 0.25) is 5.02 Å². The Labute approximate surface area is 216 Å². The molecule has 3 aliphatic rings. The fraction of sp³-hybridized carbons (Fsp3) is 0.348. The number of hydrogen-bond donors (Lipinski definition) is 0. The number of carbonyl (C=O) groups excluding carboxylic acids is 3. The highest BCUT2D eigenvalue weighted by atomic mass is 79.9. The van der Waals surface area contributed by atoms with Gasteiger partial charge in [0.25, 0.3) is 23.4 Å². The van der Waals surface area contributed by atoms with Gasteiger partial charge in [-0.1, -0.05) is 55.6 Å². The van der Waals surface area contributed by atoms with E-state index in [4.69, 9.17) is 11.6 Å². The molecule has 2 aromatic rings. The second kappa shape index (κ2) is 8.73. The number of rotatable bonds is 5. The van der Waals surface area contributed by atoms with Crippen molar-refractivity contribution >= 4 is 66.9 Å². The molecule has 0 N–H and O–H groups in total. The van der Waals surface area contributed by atoms with Crippen molar-refractivity contribution in [1.29, 1.82) is 0 Å². The molecule has 11 heteroatoms. The number of fused-ring (bicyclic) bond motifs is 5. The molecule has 5 rings (SSSR count). The van der Waals surface area contributed by atoms with Crippen molar-refractivity contribution in [2.24, 2.45) is 23.7 Å². The Morgan fingerprint density at radius 2 is 1.53 bits per heavy atom. The van der Waals surface area contributed by atoms with Gasteiger partial charge in [0.1, 0.15) is 0 Å². The highest BCUT2D eigenvalue weighted by molar-refractivity contribution is 9.12. The summed E-state index contributed by atoms with van der Waals surface area (Å²) in [5.41, 5.74) is 0.654. The summed E-state index contributed by atoms with van der Waals surface area (Å²) >= 11 is 13.3. The van der Waals surface area contributed by atoms with Crippen LogP contribution in [0.25, 0.3) is 0 Å². The monoisotopic (exact) mass is 609 g/mol. The normalized spacial score (nSPS) is 29.4. The minimum absolute atomic E-state index is 0.00711. The van der Waals surface area contributed by atoms with Crippen LogP contribution in [-0.2, 0) is 16.1 Å². The highest BCUT2D eigenvalue weighted by Gasteiger charge is 2.67. The van der Waals surface area contributed by atoms with Crippen molar-refractivity contribution in [3.8, 4) is 0 Å². The van der Waals surface area contributed by atoms with E-state index in [-0.39, 0.29) is 51.1 Å². The molecule has 6 atom stereocenters. The van der Waals surface area contributed by atoms with Gasteiger partial charge in [-0.2, -0.15) is 5.01 Å². The molecule has 0 radical (unpaired) electrons. The zero-order chi connectivity index (χ0) is 24.3. The van der Waals surface area contributed by atoms with Crippen molar-refractivity contribution in [1.82, 2.24) is 10.0 Å². The van der Waals surface area contributed by atoms with Crippen LogP contribution in [-0.4, -0.2) is 42.3 Å². The maximum Gasteiger partial charge on any atom is 0.273 e. The van der Waals surface area contributed by atoms with Crippen molar-refractivity contribution < 1.29 is 19.3 Å². The SMILES string of the molecule is O=C(c1ccc([N+](=O)[O-])cc1)N(Cc1ccc(Cl)cc1)N1C(=O)[C@@H]2[C@H]3C[C@@H]([C@H](Br)[C@H]3Br)[C@H]2C1=O. The number of nitro groups is 1. The Morgan fingerprint density at radius 3 is 2.03 bits per heavy atom. The molecule has 0 aromatic heterocycles. The summed E-state index contributed by atoms with van der Waals surface area (Å²) in [6, 6.07) is 11.9. The summed E-state index contributed by atoms with van der Waals surface area (Å²) in [4.78, 5) is 51.3. The van der Waals surface area contributed by atoms with Gasteiger partial charge in [0.2, 0.25) is 0 Å². The van der Waals surface area contributed by atoms with Crippen molar-refractivity contribution in [3.05, 3.63) is 74.8 Å². The van der Waals surface area contributed by atoms with Gasteiger partial charge in [-0.25, -0.2) is 5.01 Å². The number of nitrogens with zero attached hydrogens (tertiary/aromatic N) is 3. The van der Waals surface area contributed by atoms with E-state index in [1.165, 1.54) is 24.3 Å². The van der Waals surface area contributed by atoms with E-state index < -0.39 is 22.7 Å². The molecule has 176 valence electrons. The number of hydrazine groups is 1. The fourth-order valence-corrected chi connectivity index (χ4v) is 7.44. The van der Waals surface area contributed by atoms with Gasteiger partial charge in [-0.15, -0.1) is 0 Å². The number of nitro benzene ring substituents is 1. The molecule has 0 spiro atoms. The lowest BCUT2D eigenvalue weighted by Crippen LogP contribution is -2.50. The maximum absolute atomic E-state index is 13.6. The van der Waals surface area contributed by atoms with Crippen LogP contribution >= 0.6 is 43.5 Å². The Bertz CT molecular complexity index is 1160. The molecule has 2 bridgehead atoms. The Hall–Kier alpha value is -2.30. The molecule has 2 aliphatic carbocycles. The van der Waals surface area contributed by atoms with Gasteiger partial charge in [-0.05, 0) is 48.1 Å². The lowest BCUT2D eigenvalue weighted by Gasteiger charge is -2.31. The molecular weight excluding hydrogens is 594 g/mol. The lowest BCUT2D eigenvalue weighted by molar-refractivity contribution is -0.384. The fourth-order valence-electron chi connectivity index (χ4n) is 5.44. The van der Waals surface area contributed by atoms with Crippen LogP contribution in [0.4, 0.5) is 5.69 Å². The zero-order valence-corrected chi connectivity index (χ0v) is 21.4. The van der Waals surface area contributed by atoms with E-state index in [0.717, 1.165) is 16.4 Å². The van der Waals surface area contributed by atoms with Gasteiger partial charge < -0.3 is 0 Å².